The summed E-state index contributed by atoms with van der Waals surface area (Å²) in [6, 6.07) is 8.76. The fraction of sp³-hybridized carbons (Fsp3) is 0.148. The molecule has 42 heavy (non-hydrogen) atoms. The highest BCUT2D eigenvalue weighted by Gasteiger charge is 2.27. The molecule has 0 aliphatic rings. The van der Waals surface area contributed by atoms with Gasteiger partial charge in [-0.25, -0.2) is 8.78 Å². The highest BCUT2D eigenvalue weighted by atomic mass is 35.5. The lowest BCUT2D eigenvalue weighted by Gasteiger charge is -2.18. The summed E-state index contributed by atoms with van der Waals surface area (Å²) >= 11 is 6.08. The third-order valence-corrected chi connectivity index (χ3v) is 7.12. The van der Waals surface area contributed by atoms with E-state index in [1.165, 1.54) is 40.2 Å². The van der Waals surface area contributed by atoms with Crippen molar-refractivity contribution in [3.05, 3.63) is 118 Å². The van der Waals surface area contributed by atoms with Gasteiger partial charge in [-0.1, -0.05) is 11.6 Å². The van der Waals surface area contributed by atoms with E-state index in [4.69, 9.17) is 11.6 Å². The molecule has 5 aromatic heterocycles. The van der Waals surface area contributed by atoms with Crippen molar-refractivity contribution < 1.29 is 18.2 Å². The first-order chi connectivity index (χ1) is 20.2. The first-order valence-electron chi connectivity index (χ1n) is 12.6. The largest absolute Gasteiger partial charge is 0.618 e. The summed E-state index contributed by atoms with van der Waals surface area (Å²) in [5.74, 6) is -1.28. The predicted molar refractivity (Wildman–Crippen MR) is 145 cm³/mol. The molecule has 6 rings (SSSR count). The molecule has 0 N–H and O–H groups in total. The molecule has 1 aromatic carbocycles. The average molecular weight is 591 g/mol. The maximum absolute atomic E-state index is 15.3. The molecule has 0 amide bonds. The second kappa shape index (κ2) is 10.6. The number of rotatable bonds is 7. The van der Waals surface area contributed by atoms with Crippen LogP contribution in [0.5, 0.6) is 0 Å². The Bertz CT molecular complexity index is 1900. The van der Waals surface area contributed by atoms with E-state index < -0.39 is 17.7 Å². The average Bonchev–Trinajstić information content (AvgIpc) is 3.74. The molecule has 6 aromatic rings. The lowest BCUT2D eigenvalue weighted by molar-refractivity contribution is -0.619. The second-order valence-electron chi connectivity index (χ2n) is 9.60. The summed E-state index contributed by atoms with van der Waals surface area (Å²) in [5, 5.41) is 45.1. The Labute approximate surface area is 241 Å². The molecule has 0 aliphatic heterocycles. The van der Waals surface area contributed by atoms with Gasteiger partial charge in [-0.05, 0) is 34.2 Å². The highest BCUT2D eigenvalue weighted by Crippen LogP contribution is 2.33. The standard InChI is InChI=1S/C27H21ClF2N10O2/c1-16-7-19(8-17(2)40(16)42)20-9-33-37(11-20)25(14-36-13-21(29)10-32-36)23-5-3-18(12-39(23)41)26-24(38-15-31-34-35-38)6-4-22(28)27(26)30/h3-13,15,25H,14H2,1-2H3. The first-order valence-corrected chi connectivity index (χ1v) is 13.0. The number of nitrogens with zero attached hydrogens (tertiary/aromatic N) is 10. The quantitative estimate of drug-likeness (QED) is 0.205. The van der Waals surface area contributed by atoms with E-state index in [-0.39, 0.29) is 34.1 Å². The van der Waals surface area contributed by atoms with Gasteiger partial charge in [-0.2, -0.15) is 24.3 Å². The van der Waals surface area contributed by atoms with Gasteiger partial charge < -0.3 is 10.4 Å². The Morgan fingerprint density at radius 2 is 1.74 bits per heavy atom. The lowest BCUT2D eigenvalue weighted by Crippen LogP contribution is -2.37. The molecule has 12 nitrogen and oxygen atoms in total. The number of aromatic nitrogens is 10. The van der Waals surface area contributed by atoms with Crippen LogP contribution < -0.4 is 9.46 Å². The number of aryl methyl sites for hydroxylation is 2. The second-order valence-corrected chi connectivity index (χ2v) is 10.0. The maximum Gasteiger partial charge on any atom is 0.219 e. The normalized spacial score (nSPS) is 12.1. The molecule has 5 heterocycles. The van der Waals surface area contributed by atoms with Crippen LogP contribution >= 0.6 is 11.6 Å². The Morgan fingerprint density at radius 1 is 0.952 bits per heavy atom. The van der Waals surface area contributed by atoms with E-state index in [1.807, 2.05) is 0 Å². The lowest BCUT2D eigenvalue weighted by atomic mass is 10.0. The zero-order chi connectivity index (χ0) is 29.5. The fourth-order valence-electron chi connectivity index (χ4n) is 4.82. The predicted octanol–water partition coefficient (Wildman–Crippen LogP) is 3.49. The topological polar surface area (TPSA) is 133 Å². The van der Waals surface area contributed by atoms with Gasteiger partial charge in [0.2, 0.25) is 5.69 Å². The van der Waals surface area contributed by atoms with Gasteiger partial charge in [-0.3, -0.25) is 9.36 Å². The van der Waals surface area contributed by atoms with Crippen molar-refractivity contribution in [1.82, 2.24) is 39.8 Å². The summed E-state index contributed by atoms with van der Waals surface area (Å²) in [6.07, 6.45) is 8.13. The van der Waals surface area contributed by atoms with E-state index in [0.29, 0.717) is 21.7 Å². The minimum atomic E-state index is -0.747. The van der Waals surface area contributed by atoms with Crippen molar-refractivity contribution in [2.24, 2.45) is 0 Å². The summed E-state index contributed by atoms with van der Waals surface area (Å²) in [6.45, 7) is 3.47. The van der Waals surface area contributed by atoms with E-state index >= 15 is 4.39 Å². The third-order valence-electron chi connectivity index (χ3n) is 6.83. The number of halogens is 3. The molecule has 0 aliphatic carbocycles. The fourth-order valence-corrected chi connectivity index (χ4v) is 4.97. The number of hydrogen-bond acceptors (Lipinski definition) is 7. The summed E-state index contributed by atoms with van der Waals surface area (Å²) < 4.78 is 34.7. The smallest absolute Gasteiger partial charge is 0.219 e. The minimum Gasteiger partial charge on any atom is -0.618 e. The number of benzene rings is 1. The summed E-state index contributed by atoms with van der Waals surface area (Å²) in [7, 11) is 0. The number of tetrazole rings is 1. The van der Waals surface area contributed by atoms with Crippen LogP contribution in [-0.2, 0) is 6.54 Å². The zero-order valence-corrected chi connectivity index (χ0v) is 22.9. The molecule has 0 bridgehead atoms. The van der Waals surface area contributed by atoms with Crippen molar-refractivity contribution in [3.8, 4) is 27.9 Å². The van der Waals surface area contributed by atoms with Gasteiger partial charge >= 0.3 is 0 Å². The van der Waals surface area contributed by atoms with Crippen molar-refractivity contribution in [3.63, 3.8) is 0 Å². The van der Waals surface area contributed by atoms with Crippen LogP contribution in [0.15, 0.2) is 73.7 Å². The molecule has 0 fully saturated rings. The SMILES string of the molecule is Cc1cc(-c2cnn(C(Cn3cc(F)cn3)c3ccc(-c4c(-n5cnnn5)ccc(Cl)c4F)c[n+]3[O-])c2)cc(C)[n+]1[O-]. The molecule has 1 unspecified atom stereocenters. The van der Waals surface area contributed by atoms with E-state index in [2.05, 4.69) is 25.7 Å². The Kier molecular flexibility index (Phi) is 6.82. The minimum absolute atomic E-state index is 0.0310. The van der Waals surface area contributed by atoms with Crippen LogP contribution in [0.25, 0.3) is 27.9 Å². The Morgan fingerprint density at radius 3 is 2.40 bits per heavy atom. The van der Waals surface area contributed by atoms with Gasteiger partial charge in [0.1, 0.15) is 6.33 Å². The van der Waals surface area contributed by atoms with Crippen LogP contribution in [0.4, 0.5) is 8.78 Å². The molecule has 0 saturated carbocycles. The number of pyridine rings is 2. The van der Waals surface area contributed by atoms with Crippen LogP contribution in [0, 0.1) is 35.9 Å². The molecule has 15 heteroatoms. The first kappa shape index (κ1) is 27.0. The van der Waals surface area contributed by atoms with Crippen molar-refractivity contribution >= 4 is 11.6 Å². The zero-order valence-electron chi connectivity index (χ0n) is 22.1. The monoisotopic (exact) mass is 590 g/mol. The Hall–Kier alpha value is -5.24. The molecule has 1 atom stereocenters. The van der Waals surface area contributed by atoms with E-state index in [0.717, 1.165) is 16.5 Å². The van der Waals surface area contributed by atoms with Gasteiger partial charge in [0.15, 0.2) is 35.3 Å². The van der Waals surface area contributed by atoms with Crippen molar-refractivity contribution in [2.75, 3.05) is 0 Å². The van der Waals surface area contributed by atoms with Crippen molar-refractivity contribution in [2.45, 2.75) is 26.4 Å². The van der Waals surface area contributed by atoms with Gasteiger partial charge in [0.05, 0.1) is 47.0 Å². The number of hydrogen-bond donors (Lipinski definition) is 0. The van der Waals surface area contributed by atoms with Crippen molar-refractivity contribution in [1.29, 1.82) is 0 Å². The summed E-state index contributed by atoms with van der Waals surface area (Å²) in [5.41, 5.74) is 3.28. The van der Waals surface area contributed by atoms with E-state index in [1.54, 1.807) is 55.2 Å². The summed E-state index contributed by atoms with van der Waals surface area (Å²) in [4.78, 5) is 0. The third kappa shape index (κ3) is 4.92. The molecule has 0 radical (unpaired) electrons. The molecule has 0 spiro atoms. The van der Waals surface area contributed by atoms with Crippen LogP contribution in [0.3, 0.4) is 0 Å². The maximum atomic E-state index is 15.3. The van der Waals surface area contributed by atoms with E-state index in [9.17, 15) is 14.8 Å². The van der Waals surface area contributed by atoms with Gasteiger partial charge in [-0.15, -0.1) is 5.10 Å². The molecular weight excluding hydrogens is 570 g/mol. The van der Waals surface area contributed by atoms with Crippen LogP contribution in [-0.4, -0.2) is 39.8 Å². The van der Waals surface area contributed by atoms with Gasteiger partial charge in [0.25, 0.3) is 0 Å². The van der Waals surface area contributed by atoms with Gasteiger partial charge in [0, 0.05) is 43.8 Å². The van der Waals surface area contributed by atoms with Crippen LogP contribution in [0.2, 0.25) is 5.02 Å². The molecular formula is C27H21ClF2N10O2. The highest BCUT2D eigenvalue weighted by molar-refractivity contribution is 6.31. The molecule has 0 saturated heterocycles. The van der Waals surface area contributed by atoms with Crippen LogP contribution in [0.1, 0.15) is 23.1 Å². The molecule has 212 valence electrons. The Balaban J connectivity index is 1.43.